The summed E-state index contributed by atoms with van der Waals surface area (Å²) < 4.78 is 34.5. The Morgan fingerprint density at radius 1 is 0.966 bits per heavy atom. The summed E-state index contributed by atoms with van der Waals surface area (Å²) in [5, 5.41) is 0. The Bertz CT molecular complexity index is 965. The van der Waals surface area contributed by atoms with Crippen LogP contribution < -0.4 is 4.90 Å². The van der Waals surface area contributed by atoms with Gasteiger partial charge in [-0.15, -0.1) is 0 Å². The van der Waals surface area contributed by atoms with E-state index in [1.165, 1.54) is 24.3 Å². The maximum Gasteiger partial charge on any atom is 0.125 e. The molecule has 7 heteroatoms. The number of anilines is 1. The number of nitrogens with zero attached hydrogens (tertiary/aromatic N) is 4. The van der Waals surface area contributed by atoms with Crippen molar-refractivity contribution in [2.75, 3.05) is 44.7 Å². The SMILES string of the molecule is COC(CN1CCN(c2ccc(F)cc2)CC1)Cn1c(C)nc2cc(F)ccc21. The minimum absolute atomic E-state index is 0.00789. The molecule has 1 unspecified atom stereocenters. The lowest BCUT2D eigenvalue weighted by atomic mass is 10.2. The molecule has 0 saturated carbocycles. The Morgan fingerprint density at radius 3 is 2.34 bits per heavy atom. The van der Waals surface area contributed by atoms with Gasteiger partial charge in [0.2, 0.25) is 0 Å². The molecule has 0 amide bonds. The molecule has 29 heavy (non-hydrogen) atoms. The number of methoxy groups -OCH3 is 1. The molecule has 3 aromatic rings. The molecule has 0 N–H and O–H groups in total. The van der Waals surface area contributed by atoms with Crippen LogP contribution in [-0.4, -0.2) is 60.4 Å². The number of halogens is 2. The second-order valence-corrected chi connectivity index (χ2v) is 7.52. The molecule has 2 heterocycles. The summed E-state index contributed by atoms with van der Waals surface area (Å²) in [5.74, 6) is 0.374. The average molecular weight is 400 g/mol. The van der Waals surface area contributed by atoms with Crippen molar-refractivity contribution in [2.24, 2.45) is 0 Å². The number of piperazine rings is 1. The van der Waals surface area contributed by atoms with Gasteiger partial charge >= 0.3 is 0 Å². The summed E-state index contributed by atoms with van der Waals surface area (Å²) >= 11 is 0. The molecule has 5 nitrogen and oxygen atoms in total. The Hall–Kier alpha value is -2.51. The molecule has 1 aliphatic rings. The molecule has 1 aliphatic heterocycles. The molecule has 1 saturated heterocycles. The summed E-state index contributed by atoms with van der Waals surface area (Å²) in [6, 6.07) is 11.4. The average Bonchev–Trinajstić information content (AvgIpc) is 3.02. The van der Waals surface area contributed by atoms with Gasteiger partial charge in [-0.1, -0.05) is 0 Å². The van der Waals surface area contributed by atoms with Gasteiger partial charge in [0, 0.05) is 51.6 Å². The van der Waals surface area contributed by atoms with E-state index in [0.717, 1.165) is 49.8 Å². The highest BCUT2D eigenvalue weighted by atomic mass is 19.1. The third-order valence-electron chi connectivity index (χ3n) is 5.65. The van der Waals surface area contributed by atoms with Gasteiger partial charge in [-0.3, -0.25) is 4.90 Å². The van der Waals surface area contributed by atoms with Gasteiger partial charge < -0.3 is 14.2 Å². The summed E-state index contributed by atoms with van der Waals surface area (Å²) in [4.78, 5) is 9.15. The number of rotatable bonds is 6. The number of benzene rings is 2. The first-order valence-electron chi connectivity index (χ1n) is 9.91. The van der Waals surface area contributed by atoms with Crippen LogP contribution in [0.4, 0.5) is 14.5 Å². The number of aryl methyl sites for hydroxylation is 1. The second kappa shape index (κ2) is 8.47. The first-order chi connectivity index (χ1) is 14.0. The van der Waals surface area contributed by atoms with Gasteiger partial charge in [0.25, 0.3) is 0 Å². The lowest BCUT2D eigenvalue weighted by molar-refractivity contribution is 0.0504. The summed E-state index contributed by atoms with van der Waals surface area (Å²) in [6.07, 6.45) is 0.00789. The first kappa shape index (κ1) is 19.8. The van der Waals surface area contributed by atoms with Crippen molar-refractivity contribution in [3.8, 4) is 0 Å². The molecule has 0 spiro atoms. The molecule has 1 fully saturated rings. The lowest BCUT2D eigenvalue weighted by Crippen LogP contribution is -2.49. The van der Waals surface area contributed by atoms with Crippen LogP contribution >= 0.6 is 0 Å². The molecular formula is C22H26F2N4O. The van der Waals surface area contributed by atoms with E-state index < -0.39 is 0 Å². The highest BCUT2D eigenvalue weighted by molar-refractivity contribution is 5.76. The first-order valence-corrected chi connectivity index (χ1v) is 9.91. The van der Waals surface area contributed by atoms with Gasteiger partial charge in [0.15, 0.2) is 0 Å². The summed E-state index contributed by atoms with van der Waals surface area (Å²) in [5.41, 5.74) is 2.65. The van der Waals surface area contributed by atoms with Crippen LogP contribution in [0.25, 0.3) is 11.0 Å². The van der Waals surface area contributed by atoms with Crippen molar-refractivity contribution >= 4 is 16.7 Å². The normalized spacial score (nSPS) is 16.5. The fourth-order valence-corrected chi connectivity index (χ4v) is 3.99. The van der Waals surface area contributed by atoms with Crippen LogP contribution in [0.1, 0.15) is 5.82 Å². The maximum absolute atomic E-state index is 13.5. The van der Waals surface area contributed by atoms with E-state index in [2.05, 4.69) is 19.4 Å². The van der Waals surface area contributed by atoms with E-state index >= 15 is 0 Å². The van der Waals surface area contributed by atoms with Crippen molar-refractivity contribution in [1.82, 2.24) is 14.5 Å². The number of aromatic nitrogens is 2. The zero-order valence-corrected chi connectivity index (χ0v) is 16.8. The van der Waals surface area contributed by atoms with Crippen LogP contribution in [-0.2, 0) is 11.3 Å². The van der Waals surface area contributed by atoms with Gasteiger partial charge in [0.05, 0.1) is 23.7 Å². The second-order valence-electron chi connectivity index (χ2n) is 7.52. The fraction of sp³-hybridized carbons (Fsp3) is 0.409. The highest BCUT2D eigenvalue weighted by Crippen LogP contribution is 2.20. The van der Waals surface area contributed by atoms with Crippen LogP contribution in [0, 0.1) is 18.6 Å². The number of hydrogen-bond acceptors (Lipinski definition) is 4. The third kappa shape index (κ3) is 4.41. The molecule has 1 aromatic heterocycles. The van der Waals surface area contributed by atoms with Gasteiger partial charge in [-0.05, 0) is 43.3 Å². The zero-order chi connectivity index (χ0) is 20.4. The van der Waals surface area contributed by atoms with Crippen LogP contribution in [0.5, 0.6) is 0 Å². The predicted molar refractivity (Wildman–Crippen MR) is 110 cm³/mol. The van der Waals surface area contributed by atoms with Crippen molar-refractivity contribution < 1.29 is 13.5 Å². The molecule has 4 rings (SSSR count). The van der Waals surface area contributed by atoms with Gasteiger partial charge in [-0.2, -0.15) is 0 Å². The minimum Gasteiger partial charge on any atom is -0.378 e. The molecule has 0 aliphatic carbocycles. The largest absolute Gasteiger partial charge is 0.378 e. The van der Waals surface area contributed by atoms with Gasteiger partial charge in [-0.25, -0.2) is 13.8 Å². The van der Waals surface area contributed by atoms with Crippen LogP contribution in [0.15, 0.2) is 42.5 Å². The number of ether oxygens (including phenoxy) is 1. The molecular weight excluding hydrogens is 374 g/mol. The Morgan fingerprint density at radius 2 is 1.66 bits per heavy atom. The Balaban J connectivity index is 1.38. The molecule has 2 aromatic carbocycles. The van der Waals surface area contributed by atoms with Gasteiger partial charge in [0.1, 0.15) is 17.5 Å². The van der Waals surface area contributed by atoms with Crippen LogP contribution in [0.3, 0.4) is 0 Å². The standard InChI is InChI=1S/C22H26F2N4O/c1-16-25-21-13-18(24)5-8-22(21)28(16)15-20(29-2)14-26-9-11-27(12-10-26)19-6-3-17(23)4-7-19/h3-8,13,20H,9-12,14-15H2,1-2H3. The minimum atomic E-state index is -0.274. The van der Waals surface area contributed by atoms with E-state index in [4.69, 9.17) is 4.74 Å². The molecule has 0 radical (unpaired) electrons. The zero-order valence-electron chi connectivity index (χ0n) is 16.8. The summed E-state index contributed by atoms with van der Waals surface area (Å²) in [7, 11) is 1.73. The quantitative estimate of drug-likeness (QED) is 0.635. The van der Waals surface area contributed by atoms with E-state index in [0.29, 0.717) is 12.1 Å². The number of imidazole rings is 1. The van der Waals surface area contributed by atoms with Crippen molar-refractivity contribution in [3.05, 3.63) is 59.9 Å². The summed E-state index contributed by atoms with van der Waals surface area (Å²) in [6.45, 7) is 7.06. The fourth-order valence-electron chi connectivity index (χ4n) is 3.99. The molecule has 0 bridgehead atoms. The Kier molecular flexibility index (Phi) is 5.78. The van der Waals surface area contributed by atoms with E-state index in [9.17, 15) is 8.78 Å². The number of fused-ring (bicyclic) bond motifs is 1. The Labute approximate surface area is 169 Å². The van der Waals surface area contributed by atoms with E-state index in [1.807, 2.05) is 19.1 Å². The van der Waals surface area contributed by atoms with Crippen LogP contribution in [0.2, 0.25) is 0 Å². The van der Waals surface area contributed by atoms with Crippen molar-refractivity contribution in [3.63, 3.8) is 0 Å². The van der Waals surface area contributed by atoms with E-state index in [-0.39, 0.29) is 17.7 Å². The number of hydrogen-bond donors (Lipinski definition) is 0. The molecule has 1 atom stereocenters. The monoisotopic (exact) mass is 400 g/mol. The van der Waals surface area contributed by atoms with Crippen molar-refractivity contribution in [2.45, 2.75) is 19.6 Å². The maximum atomic E-state index is 13.5. The van der Waals surface area contributed by atoms with E-state index in [1.54, 1.807) is 13.2 Å². The predicted octanol–water partition coefficient (Wildman–Crippen LogP) is 3.46. The molecule has 154 valence electrons. The highest BCUT2D eigenvalue weighted by Gasteiger charge is 2.22. The lowest BCUT2D eigenvalue weighted by Gasteiger charge is -2.37. The third-order valence-corrected chi connectivity index (χ3v) is 5.65. The smallest absolute Gasteiger partial charge is 0.125 e. The topological polar surface area (TPSA) is 33.5 Å². The van der Waals surface area contributed by atoms with Crippen molar-refractivity contribution in [1.29, 1.82) is 0 Å².